The predicted octanol–water partition coefficient (Wildman–Crippen LogP) is 3.88. The first-order chi connectivity index (χ1) is 12.7. The van der Waals surface area contributed by atoms with E-state index in [1.807, 2.05) is 30.5 Å². The summed E-state index contributed by atoms with van der Waals surface area (Å²) in [4.78, 5) is 6.83. The largest absolute Gasteiger partial charge is 0.493 e. The van der Waals surface area contributed by atoms with E-state index in [1.165, 1.54) is 11.3 Å². The van der Waals surface area contributed by atoms with Crippen LogP contribution in [-0.2, 0) is 6.42 Å². The molecule has 6 nitrogen and oxygen atoms in total. The van der Waals surface area contributed by atoms with Crippen molar-refractivity contribution in [3.63, 3.8) is 0 Å². The molecule has 0 saturated heterocycles. The van der Waals surface area contributed by atoms with E-state index in [1.54, 1.807) is 14.2 Å². The molecule has 0 aliphatic carbocycles. The first-order valence-electron chi connectivity index (χ1n) is 8.28. The maximum Gasteiger partial charge on any atom is 0.162 e. The molecular formula is C19H20N4O2S. The van der Waals surface area contributed by atoms with E-state index < -0.39 is 0 Å². The molecule has 2 heterocycles. The molecule has 1 aliphatic rings. The normalized spacial score (nSPS) is 13.0. The first-order valence-corrected chi connectivity index (χ1v) is 9.16. The topological polar surface area (TPSA) is 72.6 Å². The number of anilines is 3. The van der Waals surface area contributed by atoms with E-state index in [-0.39, 0.29) is 0 Å². The molecule has 3 aromatic rings. The molecule has 0 unspecified atom stereocenters. The molecule has 0 amide bonds. The van der Waals surface area contributed by atoms with Crippen molar-refractivity contribution < 1.29 is 9.47 Å². The van der Waals surface area contributed by atoms with Gasteiger partial charge in [0.05, 0.1) is 25.4 Å². The molecule has 7 heteroatoms. The van der Waals surface area contributed by atoms with Crippen LogP contribution in [0.4, 0.5) is 17.1 Å². The molecule has 0 saturated carbocycles. The van der Waals surface area contributed by atoms with Gasteiger partial charge in [-0.25, -0.2) is 0 Å². The highest BCUT2D eigenvalue weighted by Gasteiger charge is 2.23. The van der Waals surface area contributed by atoms with E-state index >= 15 is 0 Å². The van der Waals surface area contributed by atoms with E-state index in [9.17, 15) is 0 Å². The fourth-order valence-electron chi connectivity index (χ4n) is 3.48. The highest BCUT2D eigenvalue weighted by molar-refractivity contribution is 7.98. The van der Waals surface area contributed by atoms with Crippen LogP contribution in [0.15, 0.2) is 42.6 Å². The molecule has 1 aliphatic heterocycles. The summed E-state index contributed by atoms with van der Waals surface area (Å²) in [5.41, 5.74) is 5.52. The molecule has 0 atom stereocenters. The number of aromatic nitrogens is 1. The Labute approximate surface area is 156 Å². The Morgan fingerprint density at radius 1 is 1.08 bits per heavy atom. The number of benzene rings is 2. The Kier molecular flexibility index (Phi) is 4.48. The standard InChI is InChI=1S/C19H20N4O2S/c1-24-18-10-14-15(11-19(18)25-2)21-7-5-17(14)23-8-6-12-9-13(22-26-20)3-4-16(12)23/h3-5,7,9-11,22H,6,8,20H2,1-2H3. The van der Waals surface area contributed by atoms with Crippen LogP contribution in [0.5, 0.6) is 11.5 Å². The van der Waals surface area contributed by atoms with Crippen molar-refractivity contribution in [1.82, 2.24) is 4.98 Å². The third kappa shape index (κ3) is 2.79. The van der Waals surface area contributed by atoms with Crippen LogP contribution in [0.3, 0.4) is 0 Å². The van der Waals surface area contributed by atoms with Gasteiger partial charge in [0.15, 0.2) is 11.5 Å². The van der Waals surface area contributed by atoms with Gasteiger partial charge in [-0.15, -0.1) is 0 Å². The number of ether oxygens (including phenoxy) is 2. The summed E-state index contributed by atoms with van der Waals surface area (Å²) >= 11 is 1.11. The average molecular weight is 368 g/mol. The second-order valence-electron chi connectivity index (χ2n) is 6.02. The van der Waals surface area contributed by atoms with Crippen molar-refractivity contribution in [3.8, 4) is 11.5 Å². The Hall–Kier alpha value is -2.64. The van der Waals surface area contributed by atoms with Crippen LogP contribution in [0.25, 0.3) is 10.9 Å². The van der Waals surface area contributed by atoms with Gasteiger partial charge in [-0.3, -0.25) is 10.1 Å². The number of rotatable bonds is 5. The molecule has 3 N–H and O–H groups in total. The van der Waals surface area contributed by atoms with Gasteiger partial charge in [-0.2, -0.15) is 0 Å². The van der Waals surface area contributed by atoms with Gasteiger partial charge in [-0.1, -0.05) is 0 Å². The quantitative estimate of drug-likeness (QED) is 0.662. The minimum absolute atomic E-state index is 0.682. The van der Waals surface area contributed by atoms with Gasteiger partial charge < -0.3 is 19.1 Å². The molecule has 0 bridgehead atoms. The summed E-state index contributed by atoms with van der Waals surface area (Å²) in [6, 6.07) is 12.3. The van der Waals surface area contributed by atoms with Crippen molar-refractivity contribution in [3.05, 3.63) is 48.2 Å². The minimum Gasteiger partial charge on any atom is -0.493 e. The second kappa shape index (κ2) is 6.93. The summed E-state index contributed by atoms with van der Waals surface area (Å²) in [6.07, 6.45) is 2.82. The number of fused-ring (bicyclic) bond motifs is 2. The van der Waals surface area contributed by atoms with Crippen LogP contribution < -0.4 is 24.2 Å². The van der Waals surface area contributed by atoms with Crippen molar-refractivity contribution in [2.24, 2.45) is 5.14 Å². The number of methoxy groups -OCH3 is 2. The lowest BCUT2D eigenvalue weighted by Gasteiger charge is -2.22. The van der Waals surface area contributed by atoms with Crippen LogP contribution in [-0.4, -0.2) is 25.7 Å². The van der Waals surface area contributed by atoms with Crippen LogP contribution in [0, 0.1) is 0 Å². The summed E-state index contributed by atoms with van der Waals surface area (Å²) in [5.74, 6) is 1.38. The summed E-state index contributed by atoms with van der Waals surface area (Å²) in [6.45, 7) is 0.919. The number of nitrogens with zero attached hydrogens (tertiary/aromatic N) is 2. The molecule has 2 aromatic carbocycles. The zero-order valence-corrected chi connectivity index (χ0v) is 15.5. The molecule has 0 radical (unpaired) electrons. The fourth-order valence-corrected chi connectivity index (χ4v) is 3.74. The van der Waals surface area contributed by atoms with Gasteiger partial charge in [0.25, 0.3) is 0 Å². The molecular weight excluding hydrogens is 348 g/mol. The third-order valence-electron chi connectivity index (χ3n) is 4.67. The Morgan fingerprint density at radius 2 is 1.88 bits per heavy atom. The van der Waals surface area contributed by atoms with Gasteiger partial charge >= 0.3 is 0 Å². The highest BCUT2D eigenvalue weighted by atomic mass is 32.2. The molecule has 1 aromatic heterocycles. The van der Waals surface area contributed by atoms with Crippen LogP contribution in [0.2, 0.25) is 0 Å². The lowest BCUT2D eigenvalue weighted by Crippen LogP contribution is -2.13. The maximum absolute atomic E-state index is 5.50. The zero-order valence-electron chi connectivity index (χ0n) is 14.7. The van der Waals surface area contributed by atoms with Gasteiger partial charge in [0.1, 0.15) is 0 Å². The van der Waals surface area contributed by atoms with Crippen molar-refractivity contribution in [2.75, 3.05) is 30.4 Å². The lowest BCUT2D eigenvalue weighted by atomic mass is 10.1. The number of pyridine rings is 1. The Bertz CT molecular complexity index is 964. The van der Waals surface area contributed by atoms with E-state index in [0.29, 0.717) is 11.5 Å². The number of hydrogen-bond donors (Lipinski definition) is 2. The molecule has 0 spiro atoms. The fraction of sp³-hybridized carbons (Fsp3) is 0.211. The number of nitrogens with two attached hydrogens (primary N) is 1. The second-order valence-corrected chi connectivity index (χ2v) is 6.46. The smallest absolute Gasteiger partial charge is 0.162 e. The number of nitrogens with one attached hydrogen (secondary N) is 1. The van der Waals surface area contributed by atoms with Crippen molar-refractivity contribution >= 4 is 40.1 Å². The summed E-state index contributed by atoms with van der Waals surface area (Å²) in [5, 5.41) is 6.54. The minimum atomic E-state index is 0.682. The predicted molar refractivity (Wildman–Crippen MR) is 107 cm³/mol. The molecule has 4 rings (SSSR count). The maximum atomic E-state index is 5.50. The van der Waals surface area contributed by atoms with Crippen molar-refractivity contribution in [2.45, 2.75) is 6.42 Å². The zero-order chi connectivity index (χ0) is 18.1. The van der Waals surface area contributed by atoms with Crippen LogP contribution in [0.1, 0.15) is 5.56 Å². The first kappa shape index (κ1) is 16.8. The van der Waals surface area contributed by atoms with E-state index in [4.69, 9.17) is 14.6 Å². The van der Waals surface area contributed by atoms with Gasteiger partial charge in [0, 0.05) is 47.7 Å². The highest BCUT2D eigenvalue weighted by Crippen LogP contribution is 2.41. The van der Waals surface area contributed by atoms with Gasteiger partial charge in [0.2, 0.25) is 0 Å². The SMILES string of the molecule is COc1cc2nccc(N3CCc4cc(NSN)ccc43)c2cc1OC. The lowest BCUT2D eigenvalue weighted by molar-refractivity contribution is 0.356. The average Bonchev–Trinajstić information content (AvgIpc) is 3.09. The van der Waals surface area contributed by atoms with Gasteiger partial charge in [-0.05, 0) is 42.3 Å². The monoisotopic (exact) mass is 368 g/mol. The molecule has 134 valence electrons. The summed E-state index contributed by atoms with van der Waals surface area (Å²) < 4.78 is 14.0. The van der Waals surface area contributed by atoms with E-state index in [2.05, 4.69) is 26.7 Å². The number of hydrogen-bond acceptors (Lipinski definition) is 7. The van der Waals surface area contributed by atoms with Crippen molar-refractivity contribution in [1.29, 1.82) is 0 Å². The molecule has 26 heavy (non-hydrogen) atoms. The Balaban J connectivity index is 1.81. The molecule has 0 fully saturated rings. The Morgan fingerprint density at radius 3 is 2.65 bits per heavy atom. The van der Waals surface area contributed by atoms with E-state index in [0.717, 1.165) is 47.4 Å². The third-order valence-corrected chi connectivity index (χ3v) is 5.02. The van der Waals surface area contributed by atoms with Crippen LogP contribution >= 0.6 is 12.1 Å². The summed E-state index contributed by atoms with van der Waals surface area (Å²) in [7, 11) is 3.28.